The Balaban J connectivity index is 1.52. The summed E-state index contributed by atoms with van der Waals surface area (Å²) in [7, 11) is 1.57. The van der Waals surface area contributed by atoms with E-state index in [4.69, 9.17) is 4.74 Å². The minimum absolute atomic E-state index is 0.0290. The number of amides is 2. The smallest absolute Gasteiger partial charge is 0.271 e. The van der Waals surface area contributed by atoms with E-state index in [0.29, 0.717) is 23.2 Å². The largest absolute Gasteiger partial charge is 0.497 e. The zero-order valence-corrected chi connectivity index (χ0v) is 24.8. The van der Waals surface area contributed by atoms with Crippen molar-refractivity contribution in [3.63, 3.8) is 0 Å². The number of para-hydroxylation sites is 2. The van der Waals surface area contributed by atoms with Gasteiger partial charge in [-0.05, 0) is 74.9 Å². The van der Waals surface area contributed by atoms with Gasteiger partial charge >= 0.3 is 0 Å². The van der Waals surface area contributed by atoms with E-state index in [1.165, 1.54) is 20.0 Å². The lowest BCUT2D eigenvalue weighted by atomic mass is 9.87. The lowest BCUT2D eigenvalue weighted by Gasteiger charge is -2.28. The van der Waals surface area contributed by atoms with Crippen LogP contribution in [0.2, 0.25) is 0 Å². The number of nitrogens with zero attached hydrogens (tertiary/aromatic N) is 2. The first-order chi connectivity index (χ1) is 20.6. The third-order valence-electron chi connectivity index (χ3n) is 7.35. The highest BCUT2D eigenvalue weighted by Gasteiger charge is 2.30. The quantitative estimate of drug-likeness (QED) is 0.187. The molecule has 1 heterocycles. The molecule has 2 amide bonds. The Hall–Kier alpha value is -4.37. The molecule has 1 aromatic heterocycles. The second kappa shape index (κ2) is 14.7. The van der Waals surface area contributed by atoms with Crippen molar-refractivity contribution in [2.24, 2.45) is 5.92 Å². The predicted molar refractivity (Wildman–Crippen MR) is 164 cm³/mol. The summed E-state index contributed by atoms with van der Waals surface area (Å²) >= 11 is 0. The van der Waals surface area contributed by atoms with Crippen LogP contribution < -0.4 is 15.4 Å². The van der Waals surface area contributed by atoms with Crippen LogP contribution in [0.5, 0.6) is 5.75 Å². The van der Waals surface area contributed by atoms with Gasteiger partial charge in [-0.15, -0.1) is 0 Å². The molecule has 3 aromatic carbocycles. The van der Waals surface area contributed by atoms with E-state index in [1.54, 1.807) is 13.2 Å². The van der Waals surface area contributed by atoms with Crippen LogP contribution in [0.1, 0.15) is 54.7 Å². The Morgan fingerprint density at radius 1 is 0.977 bits per heavy atom. The number of aliphatic hydroxyl groups excluding tert-OH is 1. The van der Waals surface area contributed by atoms with Crippen LogP contribution in [0, 0.1) is 5.92 Å². The molecule has 0 spiro atoms. The van der Waals surface area contributed by atoms with Crippen molar-refractivity contribution in [1.82, 2.24) is 20.6 Å². The van der Waals surface area contributed by atoms with Gasteiger partial charge in [-0.1, -0.05) is 54.6 Å². The molecular formula is C34H39FN4O4. The van der Waals surface area contributed by atoms with E-state index in [1.807, 2.05) is 72.8 Å². The van der Waals surface area contributed by atoms with Crippen molar-refractivity contribution in [3.8, 4) is 5.75 Å². The summed E-state index contributed by atoms with van der Waals surface area (Å²) < 4.78 is 19.8. The maximum absolute atomic E-state index is 14.5. The summed E-state index contributed by atoms with van der Waals surface area (Å²) in [6, 6.07) is 23.3. The van der Waals surface area contributed by atoms with Gasteiger partial charge in [0.1, 0.15) is 17.1 Å². The van der Waals surface area contributed by atoms with Gasteiger partial charge < -0.3 is 20.5 Å². The second-order valence-electron chi connectivity index (χ2n) is 11.3. The Morgan fingerprint density at radius 3 is 2.40 bits per heavy atom. The fourth-order valence-corrected chi connectivity index (χ4v) is 4.91. The highest BCUT2D eigenvalue weighted by atomic mass is 19.1. The second-order valence-corrected chi connectivity index (χ2v) is 11.3. The van der Waals surface area contributed by atoms with Crippen LogP contribution in [0.4, 0.5) is 4.39 Å². The van der Waals surface area contributed by atoms with Crippen molar-refractivity contribution >= 4 is 22.8 Å². The molecular weight excluding hydrogens is 547 g/mol. The molecule has 0 aliphatic rings. The van der Waals surface area contributed by atoms with Gasteiger partial charge in [0.2, 0.25) is 5.91 Å². The van der Waals surface area contributed by atoms with Crippen LogP contribution in [-0.4, -0.2) is 51.8 Å². The van der Waals surface area contributed by atoms with E-state index in [-0.39, 0.29) is 37.4 Å². The zero-order valence-electron chi connectivity index (χ0n) is 24.8. The molecule has 9 heteroatoms. The number of rotatable bonds is 14. The number of benzene rings is 3. The molecule has 0 unspecified atom stereocenters. The number of fused-ring (bicyclic) bond motifs is 1. The molecule has 0 aliphatic carbocycles. The zero-order chi connectivity index (χ0) is 30.8. The van der Waals surface area contributed by atoms with Gasteiger partial charge in [-0.2, -0.15) is 0 Å². The number of methoxy groups -OCH3 is 1. The van der Waals surface area contributed by atoms with Crippen molar-refractivity contribution in [2.45, 2.75) is 63.9 Å². The van der Waals surface area contributed by atoms with Gasteiger partial charge in [0.05, 0.1) is 36.5 Å². The lowest BCUT2D eigenvalue weighted by molar-refractivity contribution is -0.126. The summed E-state index contributed by atoms with van der Waals surface area (Å²) in [5, 5.41) is 17.4. The molecule has 0 bridgehead atoms. The minimum atomic E-state index is -1.48. The average molecular weight is 587 g/mol. The Morgan fingerprint density at radius 2 is 1.67 bits per heavy atom. The maximum atomic E-state index is 14.5. The fraction of sp³-hybridized carbons (Fsp3) is 0.353. The average Bonchev–Trinajstić information content (AvgIpc) is 3.01. The molecule has 0 fully saturated rings. The number of hydrogen-bond donors (Lipinski definition) is 3. The molecule has 3 N–H and O–H groups in total. The van der Waals surface area contributed by atoms with Crippen LogP contribution in [0.3, 0.4) is 0 Å². The molecule has 0 saturated carbocycles. The van der Waals surface area contributed by atoms with Gasteiger partial charge in [0.25, 0.3) is 5.91 Å². The summed E-state index contributed by atoms with van der Waals surface area (Å²) in [5.74, 6) is -0.793. The van der Waals surface area contributed by atoms with Crippen molar-refractivity contribution < 1.29 is 23.8 Å². The first-order valence-electron chi connectivity index (χ1n) is 14.5. The van der Waals surface area contributed by atoms with Crippen molar-refractivity contribution in [3.05, 3.63) is 102 Å². The number of alkyl halides is 1. The summed E-state index contributed by atoms with van der Waals surface area (Å²) in [5.41, 5.74) is 1.64. The van der Waals surface area contributed by atoms with E-state index in [9.17, 15) is 19.1 Å². The fourth-order valence-electron chi connectivity index (χ4n) is 4.91. The number of nitrogens with one attached hydrogen (secondary N) is 2. The summed E-state index contributed by atoms with van der Waals surface area (Å²) in [6.07, 6.45) is 1.02. The lowest BCUT2D eigenvalue weighted by Crippen LogP contribution is -2.47. The van der Waals surface area contributed by atoms with Crippen LogP contribution in [-0.2, 0) is 17.8 Å². The van der Waals surface area contributed by atoms with Gasteiger partial charge in [0.15, 0.2) is 0 Å². The highest BCUT2D eigenvalue weighted by molar-refractivity contribution is 5.94. The monoisotopic (exact) mass is 586 g/mol. The summed E-state index contributed by atoms with van der Waals surface area (Å²) in [6.45, 7) is 3.20. The molecule has 0 radical (unpaired) electrons. The molecule has 43 heavy (non-hydrogen) atoms. The topological polar surface area (TPSA) is 113 Å². The Labute approximate surface area is 251 Å². The number of ether oxygens (including phenoxy) is 1. The van der Waals surface area contributed by atoms with E-state index < -0.39 is 29.6 Å². The molecule has 226 valence electrons. The Kier molecular flexibility index (Phi) is 10.8. The molecule has 3 atom stereocenters. The molecule has 0 aliphatic heterocycles. The van der Waals surface area contributed by atoms with Crippen molar-refractivity contribution in [2.75, 3.05) is 7.11 Å². The number of aromatic nitrogens is 2. The Bertz CT molecular complexity index is 1510. The van der Waals surface area contributed by atoms with Crippen LogP contribution in [0.15, 0.2) is 85.1 Å². The number of hydrogen-bond acceptors (Lipinski definition) is 6. The van der Waals surface area contributed by atoms with E-state index >= 15 is 0 Å². The third kappa shape index (κ3) is 9.58. The normalized spacial score (nSPS) is 13.6. The molecule has 8 nitrogen and oxygen atoms in total. The number of carbonyl (C=O) groups is 2. The molecule has 4 aromatic rings. The number of carbonyl (C=O) groups excluding carboxylic acids is 2. The van der Waals surface area contributed by atoms with E-state index in [0.717, 1.165) is 11.1 Å². The predicted octanol–water partition coefficient (Wildman–Crippen LogP) is 5.19. The van der Waals surface area contributed by atoms with E-state index in [2.05, 4.69) is 20.6 Å². The first-order valence-corrected chi connectivity index (χ1v) is 14.5. The number of halogens is 1. The van der Waals surface area contributed by atoms with Gasteiger partial charge in [-0.3, -0.25) is 14.6 Å². The standard InChI is InChI=1S/C34H39FN4O4/c1-34(2,35)17-16-25(32(41)37-21-24-12-9-13-26(18-24)43-3)20-31(40)29(19-23-10-5-4-6-11-23)39-33(42)30-22-36-27-14-7-8-15-28(27)38-30/h4-15,18,22,25,29,31,40H,16-17,19-21H2,1-3H3,(H,37,41)(H,39,42)/t25-,29+,31+/m1/s1. The van der Waals surface area contributed by atoms with Crippen LogP contribution in [0.25, 0.3) is 11.0 Å². The highest BCUT2D eigenvalue weighted by Crippen LogP contribution is 2.25. The first kappa shape index (κ1) is 31.6. The third-order valence-corrected chi connectivity index (χ3v) is 7.35. The maximum Gasteiger partial charge on any atom is 0.271 e. The SMILES string of the molecule is COc1cccc(CNC(=O)[C@H](CCC(C)(C)F)C[C@H](O)[C@H](Cc2ccccc2)NC(=O)c2cnc3ccccc3n2)c1. The number of aliphatic hydroxyl groups is 1. The van der Waals surface area contributed by atoms with Crippen LogP contribution >= 0.6 is 0 Å². The molecule has 4 rings (SSSR count). The van der Waals surface area contributed by atoms with Gasteiger partial charge in [0, 0.05) is 12.5 Å². The van der Waals surface area contributed by atoms with Crippen molar-refractivity contribution in [1.29, 1.82) is 0 Å². The molecule has 0 saturated heterocycles. The minimum Gasteiger partial charge on any atom is -0.497 e. The summed E-state index contributed by atoms with van der Waals surface area (Å²) in [4.78, 5) is 35.5. The van der Waals surface area contributed by atoms with Gasteiger partial charge in [-0.25, -0.2) is 9.37 Å².